The average Bonchev–Trinajstić information content (AvgIpc) is 2.98. The number of nitrogens with zero attached hydrogens (tertiary/aromatic N) is 4. The zero-order chi connectivity index (χ0) is 22.0. The number of anilines is 1. The molecule has 4 rings (SSSR count). The average molecular weight is 483 g/mol. The molecule has 1 aromatic heterocycles. The first kappa shape index (κ1) is 21.4. The first-order valence-electron chi connectivity index (χ1n) is 10.5. The number of ether oxygens (including phenoxy) is 1. The lowest BCUT2D eigenvalue weighted by molar-refractivity contribution is 0.0767. The third-order valence-corrected chi connectivity index (χ3v) is 6.93. The van der Waals surface area contributed by atoms with Crippen LogP contribution < -0.4 is 9.64 Å². The van der Waals surface area contributed by atoms with E-state index in [2.05, 4.69) is 38.1 Å². The summed E-state index contributed by atoms with van der Waals surface area (Å²) in [6, 6.07) is 15.8. The van der Waals surface area contributed by atoms with Crippen molar-refractivity contribution >= 4 is 27.5 Å². The van der Waals surface area contributed by atoms with Gasteiger partial charge in [-0.05, 0) is 84.7 Å². The summed E-state index contributed by atoms with van der Waals surface area (Å²) in [5, 5.41) is 4.57. The third kappa shape index (κ3) is 4.46. The SMILES string of the molecule is COc1ccc(N2CCCN(C(=O)c3ccc(-n4nc(C)c(Br)c4C)cc3)CC2)cc1. The van der Waals surface area contributed by atoms with Crippen LogP contribution >= 0.6 is 15.9 Å². The lowest BCUT2D eigenvalue weighted by Crippen LogP contribution is -2.35. The molecule has 0 spiro atoms. The molecule has 0 unspecified atom stereocenters. The quantitative estimate of drug-likeness (QED) is 0.544. The number of carbonyl (C=O) groups is 1. The van der Waals surface area contributed by atoms with Crippen molar-refractivity contribution in [2.24, 2.45) is 0 Å². The molecule has 162 valence electrons. The molecule has 6 nitrogen and oxygen atoms in total. The van der Waals surface area contributed by atoms with Gasteiger partial charge in [0.15, 0.2) is 0 Å². The molecular formula is C24H27BrN4O2. The van der Waals surface area contributed by atoms with Gasteiger partial charge in [-0.15, -0.1) is 0 Å². The van der Waals surface area contributed by atoms with Gasteiger partial charge in [-0.3, -0.25) is 4.79 Å². The van der Waals surface area contributed by atoms with Crippen LogP contribution in [0.25, 0.3) is 5.69 Å². The van der Waals surface area contributed by atoms with E-state index in [4.69, 9.17) is 4.74 Å². The summed E-state index contributed by atoms with van der Waals surface area (Å²) in [5.74, 6) is 0.935. The first-order valence-corrected chi connectivity index (χ1v) is 11.3. The monoisotopic (exact) mass is 482 g/mol. The lowest BCUT2D eigenvalue weighted by atomic mass is 10.1. The molecule has 1 aliphatic heterocycles. The van der Waals surface area contributed by atoms with Crippen LogP contribution in [-0.2, 0) is 0 Å². The molecule has 31 heavy (non-hydrogen) atoms. The number of rotatable bonds is 4. The van der Waals surface area contributed by atoms with Crippen LogP contribution in [0.4, 0.5) is 5.69 Å². The van der Waals surface area contributed by atoms with E-state index in [0.29, 0.717) is 12.1 Å². The van der Waals surface area contributed by atoms with Crippen LogP contribution in [0.2, 0.25) is 0 Å². The van der Waals surface area contributed by atoms with Crippen molar-refractivity contribution in [1.29, 1.82) is 0 Å². The smallest absolute Gasteiger partial charge is 0.253 e. The van der Waals surface area contributed by atoms with Crippen LogP contribution in [0.1, 0.15) is 28.2 Å². The van der Waals surface area contributed by atoms with Gasteiger partial charge < -0.3 is 14.5 Å². The Bertz CT molecular complexity index is 1060. The van der Waals surface area contributed by atoms with Crippen LogP contribution in [0.5, 0.6) is 5.75 Å². The Hall–Kier alpha value is -2.80. The Kier molecular flexibility index (Phi) is 6.32. The molecule has 2 heterocycles. The lowest BCUT2D eigenvalue weighted by Gasteiger charge is -2.24. The second kappa shape index (κ2) is 9.14. The van der Waals surface area contributed by atoms with Crippen LogP contribution in [-0.4, -0.2) is 53.9 Å². The second-order valence-corrected chi connectivity index (χ2v) is 8.57. The zero-order valence-corrected chi connectivity index (χ0v) is 19.7. The highest BCUT2D eigenvalue weighted by atomic mass is 79.9. The zero-order valence-electron chi connectivity index (χ0n) is 18.1. The molecule has 1 aliphatic rings. The number of amides is 1. The van der Waals surface area contributed by atoms with Crippen molar-refractivity contribution in [3.8, 4) is 11.4 Å². The highest BCUT2D eigenvalue weighted by molar-refractivity contribution is 9.10. The third-order valence-electron chi connectivity index (χ3n) is 5.78. The molecular weight excluding hydrogens is 456 g/mol. The minimum atomic E-state index is 0.0812. The van der Waals surface area contributed by atoms with E-state index in [1.165, 1.54) is 0 Å². The van der Waals surface area contributed by atoms with Crippen LogP contribution in [0.15, 0.2) is 53.0 Å². The number of hydrogen-bond acceptors (Lipinski definition) is 4. The Labute approximate surface area is 191 Å². The van der Waals surface area contributed by atoms with E-state index >= 15 is 0 Å². The minimum absolute atomic E-state index is 0.0812. The normalized spacial score (nSPS) is 14.5. The Morgan fingerprint density at radius 3 is 2.23 bits per heavy atom. The first-order chi connectivity index (χ1) is 15.0. The topological polar surface area (TPSA) is 50.6 Å². The molecule has 0 radical (unpaired) electrons. The Morgan fingerprint density at radius 1 is 0.935 bits per heavy atom. The van der Waals surface area contributed by atoms with E-state index in [0.717, 1.165) is 59.0 Å². The summed E-state index contributed by atoms with van der Waals surface area (Å²) in [6.07, 6.45) is 0.940. The largest absolute Gasteiger partial charge is 0.497 e. The van der Waals surface area contributed by atoms with E-state index < -0.39 is 0 Å². The summed E-state index contributed by atoms with van der Waals surface area (Å²) in [5.41, 5.74) is 4.81. The van der Waals surface area contributed by atoms with Gasteiger partial charge >= 0.3 is 0 Å². The van der Waals surface area contributed by atoms with Crippen molar-refractivity contribution < 1.29 is 9.53 Å². The molecule has 0 N–H and O–H groups in total. The molecule has 2 aromatic carbocycles. The molecule has 0 saturated carbocycles. The maximum absolute atomic E-state index is 13.1. The number of aromatic nitrogens is 2. The standard InChI is InChI=1S/C24H27BrN4O2/c1-17-23(25)18(2)29(26-17)21-7-5-19(6-8-21)24(30)28-14-4-13-27(15-16-28)20-9-11-22(31-3)12-10-20/h5-12H,4,13-16H2,1-3H3. The second-order valence-electron chi connectivity index (χ2n) is 7.77. The van der Waals surface area contributed by atoms with E-state index in [-0.39, 0.29) is 5.91 Å². The number of benzene rings is 2. The van der Waals surface area contributed by atoms with Gasteiger partial charge in [-0.1, -0.05) is 0 Å². The van der Waals surface area contributed by atoms with Crippen molar-refractivity contribution in [1.82, 2.24) is 14.7 Å². The number of carbonyl (C=O) groups excluding carboxylic acids is 1. The Morgan fingerprint density at radius 2 is 1.61 bits per heavy atom. The molecule has 0 atom stereocenters. The molecule has 3 aromatic rings. The van der Waals surface area contributed by atoms with E-state index in [1.807, 2.05) is 59.8 Å². The predicted octanol–water partition coefficient (Wildman–Crippen LogP) is 4.61. The maximum atomic E-state index is 13.1. The van der Waals surface area contributed by atoms with Crippen molar-refractivity contribution in [2.45, 2.75) is 20.3 Å². The predicted molar refractivity (Wildman–Crippen MR) is 126 cm³/mol. The maximum Gasteiger partial charge on any atom is 0.253 e. The van der Waals surface area contributed by atoms with Crippen molar-refractivity contribution in [3.63, 3.8) is 0 Å². The summed E-state index contributed by atoms with van der Waals surface area (Å²) in [4.78, 5) is 17.4. The number of halogens is 1. The molecule has 0 bridgehead atoms. The minimum Gasteiger partial charge on any atom is -0.497 e. The van der Waals surface area contributed by atoms with E-state index in [9.17, 15) is 4.79 Å². The number of methoxy groups -OCH3 is 1. The molecule has 1 amide bonds. The Balaban J connectivity index is 1.43. The van der Waals surface area contributed by atoms with Crippen LogP contribution in [0, 0.1) is 13.8 Å². The van der Waals surface area contributed by atoms with Gasteiger partial charge in [0.25, 0.3) is 5.91 Å². The molecule has 1 fully saturated rings. The van der Waals surface area contributed by atoms with Crippen molar-refractivity contribution in [3.05, 3.63) is 70.0 Å². The van der Waals surface area contributed by atoms with Gasteiger partial charge in [0, 0.05) is 37.4 Å². The fourth-order valence-corrected chi connectivity index (χ4v) is 4.22. The van der Waals surface area contributed by atoms with Crippen LogP contribution in [0.3, 0.4) is 0 Å². The summed E-state index contributed by atoms with van der Waals surface area (Å²) in [6.45, 7) is 7.21. The highest BCUT2D eigenvalue weighted by Crippen LogP contribution is 2.24. The fraction of sp³-hybridized carbons (Fsp3) is 0.333. The van der Waals surface area contributed by atoms with Gasteiger partial charge in [-0.25, -0.2) is 4.68 Å². The number of aryl methyl sites for hydroxylation is 1. The van der Waals surface area contributed by atoms with Crippen molar-refractivity contribution in [2.75, 3.05) is 38.2 Å². The van der Waals surface area contributed by atoms with Gasteiger partial charge in [0.05, 0.1) is 28.7 Å². The number of hydrogen-bond donors (Lipinski definition) is 0. The van der Waals surface area contributed by atoms with Gasteiger partial charge in [0.2, 0.25) is 0 Å². The van der Waals surface area contributed by atoms with E-state index in [1.54, 1.807) is 7.11 Å². The van der Waals surface area contributed by atoms with Gasteiger partial charge in [0.1, 0.15) is 5.75 Å². The summed E-state index contributed by atoms with van der Waals surface area (Å²) >= 11 is 3.57. The van der Waals surface area contributed by atoms with Gasteiger partial charge in [-0.2, -0.15) is 5.10 Å². The summed E-state index contributed by atoms with van der Waals surface area (Å²) in [7, 11) is 1.67. The molecule has 0 aliphatic carbocycles. The highest BCUT2D eigenvalue weighted by Gasteiger charge is 2.21. The fourth-order valence-electron chi connectivity index (χ4n) is 3.97. The molecule has 7 heteroatoms. The summed E-state index contributed by atoms with van der Waals surface area (Å²) < 4.78 is 8.16. The molecule has 1 saturated heterocycles.